The van der Waals surface area contributed by atoms with E-state index in [0.29, 0.717) is 26.2 Å². The predicted molar refractivity (Wildman–Crippen MR) is 104 cm³/mol. The van der Waals surface area contributed by atoms with Crippen LogP contribution in [0.2, 0.25) is 0 Å². The summed E-state index contributed by atoms with van der Waals surface area (Å²) in [6, 6.07) is 11.4. The van der Waals surface area contributed by atoms with Crippen LogP contribution in [0, 0.1) is 0 Å². The van der Waals surface area contributed by atoms with Crippen molar-refractivity contribution in [3.8, 4) is 5.69 Å². The number of ether oxygens (including phenoxy) is 1. The Morgan fingerprint density at radius 2 is 1.48 bits per heavy atom. The Kier molecular flexibility index (Phi) is 5.39. The molecule has 0 spiro atoms. The van der Waals surface area contributed by atoms with Crippen LogP contribution in [0.15, 0.2) is 48.8 Å². The van der Waals surface area contributed by atoms with Gasteiger partial charge in [0.25, 0.3) is 0 Å². The lowest BCUT2D eigenvalue weighted by Crippen LogP contribution is -2.52. The summed E-state index contributed by atoms with van der Waals surface area (Å²) in [6.07, 6.45) is 3.61. The largest absolute Gasteiger partial charge is 0.444 e. The fraction of sp³-hybridized carbons (Fsp3) is 0.400. The number of carbonyl (C=O) groups excluding carboxylic acids is 2. The molecule has 0 radical (unpaired) electrons. The first-order valence-electron chi connectivity index (χ1n) is 9.09. The maximum absolute atomic E-state index is 12.5. The number of benzene rings is 1. The molecule has 1 saturated heterocycles. The van der Waals surface area contributed by atoms with Gasteiger partial charge in [-0.1, -0.05) is 0 Å². The van der Waals surface area contributed by atoms with Crippen molar-refractivity contribution in [3.63, 3.8) is 0 Å². The number of amides is 3. The van der Waals surface area contributed by atoms with Crippen molar-refractivity contribution < 1.29 is 14.3 Å². The van der Waals surface area contributed by atoms with Gasteiger partial charge in [0.1, 0.15) is 5.60 Å². The number of nitrogens with zero attached hydrogens (tertiary/aromatic N) is 3. The van der Waals surface area contributed by atoms with Crippen LogP contribution < -0.4 is 5.32 Å². The number of rotatable bonds is 2. The predicted octanol–water partition coefficient (Wildman–Crippen LogP) is 3.56. The Bertz CT molecular complexity index is 771. The van der Waals surface area contributed by atoms with E-state index in [1.807, 2.05) is 74.1 Å². The van der Waals surface area contributed by atoms with E-state index in [1.165, 1.54) is 0 Å². The summed E-state index contributed by atoms with van der Waals surface area (Å²) in [7, 11) is 0. The summed E-state index contributed by atoms with van der Waals surface area (Å²) >= 11 is 0. The van der Waals surface area contributed by atoms with Gasteiger partial charge >= 0.3 is 12.1 Å². The van der Waals surface area contributed by atoms with Crippen molar-refractivity contribution in [2.45, 2.75) is 26.4 Å². The molecular formula is C20H26N4O3. The lowest BCUT2D eigenvalue weighted by atomic mass is 10.2. The number of anilines is 1. The molecular weight excluding hydrogens is 344 g/mol. The first-order valence-corrected chi connectivity index (χ1v) is 9.09. The molecule has 144 valence electrons. The minimum absolute atomic E-state index is 0.160. The Hall–Kier alpha value is -2.96. The molecule has 3 rings (SSSR count). The van der Waals surface area contributed by atoms with Gasteiger partial charge in [0.2, 0.25) is 0 Å². The summed E-state index contributed by atoms with van der Waals surface area (Å²) < 4.78 is 7.38. The summed E-state index contributed by atoms with van der Waals surface area (Å²) in [6.45, 7) is 7.42. The van der Waals surface area contributed by atoms with Crippen LogP contribution in [-0.2, 0) is 4.74 Å². The van der Waals surface area contributed by atoms with Crippen molar-refractivity contribution in [1.82, 2.24) is 14.4 Å². The molecule has 3 amide bonds. The standard InChI is InChI=1S/C20H26N4O3/c1-20(2,3)27-19(26)24-14-12-23(13-15-24)18(25)21-16-6-8-17(9-7-16)22-10-4-5-11-22/h4-11H,12-15H2,1-3H3,(H,21,25). The molecule has 1 aliphatic rings. The average molecular weight is 370 g/mol. The fourth-order valence-electron chi connectivity index (χ4n) is 2.84. The van der Waals surface area contributed by atoms with Gasteiger partial charge in [-0.15, -0.1) is 0 Å². The monoisotopic (exact) mass is 370 g/mol. The van der Waals surface area contributed by atoms with Crippen molar-refractivity contribution in [3.05, 3.63) is 48.8 Å². The zero-order valence-corrected chi connectivity index (χ0v) is 16.0. The van der Waals surface area contributed by atoms with Crippen molar-refractivity contribution in [2.75, 3.05) is 31.5 Å². The van der Waals surface area contributed by atoms with Gasteiger partial charge in [0.15, 0.2) is 0 Å². The second-order valence-corrected chi connectivity index (χ2v) is 7.52. The smallest absolute Gasteiger partial charge is 0.410 e. The molecule has 1 aromatic carbocycles. The third kappa shape index (κ3) is 5.03. The third-order valence-electron chi connectivity index (χ3n) is 4.24. The van der Waals surface area contributed by atoms with E-state index in [2.05, 4.69) is 5.32 Å². The maximum Gasteiger partial charge on any atom is 0.410 e. The molecule has 1 aliphatic heterocycles. The normalized spacial score (nSPS) is 14.8. The van der Waals surface area contributed by atoms with E-state index in [4.69, 9.17) is 4.74 Å². The summed E-state index contributed by atoms with van der Waals surface area (Å²) in [5.41, 5.74) is 1.26. The molecule has 2 aromatic rings. The minimum atomic E-state index is -0.515. The van der Waals surface area contributed by atoms with E-state index < -0.39 is 5.60 Å². The Labute approximate surface area is 159 Å². The third-order valence-corrected chi connectivity index (χ3v) is 4.24. The van der Waals surface area contributed by atoms with Crippen LogP contribution in [0.5, 0.6) is 0 Å². The maximum atomic E-state index is 12.5. The van der Waals surface area contributed by atoms with Crippen LogP contribution in [0.3, 0.4) is 0 Å². The van der Waals surface area contributed by atoms with E-state index in [9.17, 15) is 9.59 Å². The van der Waals surface area contributed by atoms with Crippen LogP contribution >= 0.6 is 0 Å². The highest BCUT2D eigenvalue weighted by Gasteiger charge is 2.27. The fourth-order valence-corrected chi connectivity index (χ4v) is 2.84. The molecule has 1 aromatic heterocycles. The summed E-state index contributed by atoms with van der Waals surface area (Å²) in [5.74, 6) is 0. The number of hydrogen-bond acceptors (Lipinski definition) is 3. The van der Waals surface area contributed by atoms with Gasteiger partial charge in [-0.3, -0.25) is 0 Å². The average Bonchev–Trinajstić information content (AvgIpc) is 3.16. The second kappa shape index (κ2) is 7.73. The second-order valence-electron chi connectivity index (χ2n) is 7.52. The first-order chi connectivity index (χ1) is 12.8. The summed E-state index contributed by atoms with van der Waals surface area (Å²) in [5, 5.41) is 2.91. The topological polar surface area (TPSA) is 66.8 Å². The van der Waals surface area contributed by atoms with Gasteiger partial charge < -0.3 is 24.4 Å². The van der Waals surface area contributed by atoms with Gasteiger partial charge in [0.05, 0.1) is 0 Å². The zero-order valence-electron chi connectivity index (χ0n) is 16.0. The molecule has 0 saturated carbocycles. The molecule has 27 heavy (non-hydrogen) atoms. The summed E-state index contributed by atoms with van der Waals surface area (Å²) in [4.78, 5) is 27.9. The Morgan fingerprint density at radius 1 is 0.926 bits per heavy atom. The van der Waals surface area contributed by atoms with E-state index >= 15 is 0 Å². The molecule has 2 heterocycles. The molecule has 1 fully saturated rings. The van der Waals surface area contributed by atoms with Gasteiger partial charge in [-0.05, 0) is 57.2 Å². The molecule has 0 unspecified atom stereocenters. The van der Waals surface area contributed by atoms with E-state index in [0.717, 1.165) is 11.4 Å². The van der Waals surface area contributed by atoms with Crippen LogP contribution in [0.25, 0.3) is 5.69 Å². The van der Waals surface area contributed by atoms with Crippen LogP contribution in [-0.4, -0.2) is 58.3 Å². The van der Waals surface area contributed by atoms with E-state index in [1.54, 1.807) is 9.80 Å². The molecule has 0 atom stereocenters. The zero-order chi connectivity index (χ0) is 19.4. The van der Waals surface area contributed by atoms with Crippen LogP contribution in [0.1, 0.15) is 20.8 Å². The SMILES string of the molecule is CC(C)(C)OC(=O)N1CCN(C(=O)Nc2ccc(-n3cccc3)cc2)CC1. The Balaban J connectivity index is 1.50. The molecule has 7 heteroatoms. The number of urea groups is 1. The minimum Gasteiger partial charge on any atom is -0.444 e. The number of nitrogens with one attached hydrogen (secondary N) is 1. The number of hydrogen-bond donors (Lipinski definition) is 1. The highest BCUT2D eigenvalue weighted by molar-refractivity contribution is 5.89. The number of piperazine rings is 1. The first kappa shape index (κ1) is 18.8. The van der Waals surface area contributed by atoms with Gasteiger partial charge in [0, 0.05) is 49.9 Å². The molecule has 7 nitrogen and oxygen atoms in total. The molecule has 0 aliphatic carbocycles. The van der Waals surface area contributed by atoms with Crippen LogP contribution in [0.4, 0.5) is 15.3 Å². The molecule has 1 N–H and O–H groups in total. The highest BCUT2D eigenvalue weighted by Crippen LogP contribution is 2.15. The van der Waals surface area contributed by atoms with Crippen molar-refractivity contribution in [2.24, 2.45) is 0 Å². The van der Waals surface area contributed by atoms with Crippen molar-refractivity contribution in [1.29, 1.82) is 0 Å². The molecule has 0 bridgehead atoms. The lowest BCUT2D eigenvalue weighted by molar-refractivity contribution is 0.0174. The van der Waals surface area contributed by atoms with Gasteiger partial charge in [-0.2, -0.15) is 0 Å². The van der Waals surface area contributed by atoms with Gasteiger partial charge in [-0.25, -0.2) is 9.59 Å². The number of aromatic nitrogens is 1. The highest BCUT2D eigenvalue weighted by atomic mass is 16.6. The van der Waals surface area contributed by atoms with Crippen molar-refractivity contribution >= 4 is 17.8 Å². The Morgan fingerprint density at radius 3 is 2.04 bits per heavy atom. The number of carbonyl (C=O) groups is 2. The quantitative estimate of drug-likeness (QED) is 0.879. The lowest BCUT2D eigenvalue weighted by Gasteiger charge is -2.35. The van der Waals surface area contributed by atoms with E-state index in [-0.39, 0.29) is 12.1 Å².